The van der Waals surface area contributed by atoms with Gasteiger partial charge < -0.3 is 14.6 Å². The Balaban J connectivity index is 2.42. The summed E-state index contributed by atoms with van der Waals surface area (Å²) in [5.74, 6) is -1.11. The fraction of sp³-hybridized carbons (Fsp3) is 0.222. The molecule has 26 heavy (non-hydrogen) atoms. The Morgan fingerprint density at radius 1 is 1.15 bits per heavy atom. The molecule has 1 atom stereocenters. The Bertz CT molecular complexity index is 929. The SMILES string of the molecule is Cc1cc(Oc2ccccc2S(=O)(=O)N[C@H](C=O)C(=O)O)cc(C)c1C. The normalized spacial score (nSPS) is 12.4. The van der Waals surface area contributed by atoms with Gasteiger partial charge in [-0.15, -0.1) is 0 Å². The molecule has 0 aliphatic rings. The summed E-state index contributed by atoms with van der Waals surface area (Å²) in [5, 5.41) is 8.89. The lowest BCUT2D eigenvalue weighted by molar-refractivity contribution is -0.140. The molecule has 7 nitrogen and oxygen atoms in total. The van der Waals surface area contributed by atoms with Crippen molar-refractivity contribution < 1.29 is 27.9 Å². The number of carbonyl (C=O) groups excluding carboxylic acids is 1. The second-order valence-electron chi connectivity index (χ2n) is 5.80. The molecule has 0 heterocycles. The molecule has 0 aromatic heterocycles. The van der Waals surface area contributed by atoms with Crippen LogP contribution in [0.5, 0.6) is 11.5 Å². The summed E-state index contributed by atoms with van der Waals surface area (Å²) in [6.45, 7) is 5.81. The summed E-state index contributed by atoms with van der Waals surface area (Å²) < 4.78 is 32.6. The summed E-state index contributed by atoms with van der Waals surface area (Å²) in [7, 11) is -4.28. The van der Waals surface area contributed by atoms with Crippen molar-refractivity contribution in [2.45, 2.75) is 31.7 Å². The molecular formula is C18H19NO6S. The number of nitrogens with one attached hydrogen (secondary N) is 1. The molecule has 138 valence electrons. The molecule has 0 fully saturated rings. The van der Waals surface area contributed by atoms with Gasteiger partial charge in [-0.2, -0.15) is 4.72 Å². The van der Waals surface area contributed by atoms with Gasteiger partial charge in [0.1, 0.15) is 22.7 Å². The lowest BCUT2D eigenvalue weighted by Crippen LogP contribution is -2.41. The number of aryl methyl sites for hydroxylation is 2. The van der Waals surface area contributed by atoms with Crippen LogP contribution in [0.15, 0.2) is 41.3 Å². The highest BCUT2D eigenvalue weighted by Crippen LogP contribution is 2.30. The highest BCUT2D eigenvalue weighted by Gasteiger charge is 2.27. The minimum absolute atomic E-state index is 0.00997. The van der Waals surface area contributed by atoms with Crippen molar-refractivity contribution >= 4 is 22.3 Å². The average Bonchev–Trinajstić information content (AvgIpc) is 2.57. The first-order chi connectivity index (χ1) is 12.2. The number of benzene rings is 2. The molecule has 0 radical (unpaired) electrons. The minimum atomic E-state index is -4.28. The molecule has 2 N–H and O–H groups in total. The lowest BCUT2D eigenvalue weighted by atomic mass is 10.0. The van der Waals surface area contributed by atoms with Gasteiger partial charge in [0.05, 0.1) is 0 Å². The van der Waals surface area contributed by atoms with Crippen molar-refractivity contribution in [2.75, 3.05) is 0 Å². The highest BCUT2D eigenvalue weighted by atomic mass is 32.2. The second-order valence-corrected chi connectivity index (χ2v) is 7.49. The maximum absolute atomic E-state index is 12.5. The van der Waals surface area contributed by atoms with E-state index in [0.29, 0.717) is 5.75 Å². The molecule has 0 aliphatic carbocycles. The third kappa shape index (κ3) is 4.27. The summed E-state index contributed by atoms with van der Waals surface area (Å²) in [6, 6.07) is 7.48. The standard InChI is InChI=1S/C18H19NO6S/c1-11-8-14(9-12(2)13(11)3)25-16-6-4-5-7-17(16)26(23,24)19-15(10-20)18(21)22/h4-10,15,19H,1-3H3,(H,21,22)/t15-/m1/s1. The van der Waals surface area contributed by atoms with Crippen molar-refractivity contribution in [3.05, 3.63) is 53.1 Å². The minimum Gasteiger partial charge on any atom is -0.480 e. The smallest absolute Gasteiger partial charge is 0.329 e. The quantitative estimate of drug-likeness (QED) is 0.566. The zero-order chi connectivity index (χ0) is 19.5. The van der Waals surface area contributed by atoms with E-state index in [1.54, 1.807) is 18.2 Å². The second kappa shape index (κ2) is 7.67. The zero-order valence-electron chi connectivity index (χ0n) is 14.5. The third-order valence-corrected chi connectivity index (χ3v) is 5.43. The van der Waals surface area contributed by atoms with E-state index in [4.69, 9.17) is 9.84 Å². The Hall–Kier alpha value is -2.71. The number of aliphatic carboxylic acids is 1. The van der Waals surface area contributed by atoms with Crippen molar-refractivity contribution in [1.29, 1.82) is 0 Å². The van der Waals surface area contributed by atoms with E-state index in [1.807, 2.05) is 25.5 Å². The van der Waals surface area contributed by atoms with E-state index >= 15 is 0 Å². The number of rotatable bonds is 7. The third-order valence-electron chi connectivity index (χ3n) is 3.95. The molecule has 0 saturated heterocycles. The Morgan fingerprint density at radius 3 is 2.27 bits per heavy atom. The fourth-order valence-electron chi connectivity index (χ4n) is 2.31. The fourth-order valence-corrected chi connectivity index (χ4v) is 3.56. The predicted octanol–water partition coefficient (Wildman–Crippen LogP) is 2.33. The van der Waals surface area contributed by atoms with E-state index in [9.17, 15) is 18.0 Å². The van der Waals surface area contributed by atoms with Crippen LogP contribution < -0.4 is 9.46 Å². The van der Waals surface area contributed by atoms with Gasteiger partial charge in [0.2, 0.25) is 10.0 Å². The number of hydrogen-bond donors (Lipinski definition) is 2. The number of carboxylic acids is 1. The van der Waals surface area contributed by atoms with Gasteiger partial charge in [-0.05, 0) is 61.7 Å². The van der Waals surface area contributed by atoms with Crippen LogP contribution in [0.2, 0.25) is 0 Å². The van der Waals surface area contributed by atoms with E-state index in [2.05, 4.69) is 0 Å². The number of carboxylic acid groups (broad SMARTS) is 1. The first kappa shape index (κ1) is 19.6. The molecule has 0 aliphatic heterocycles. The van der Waals surface area contributed by atoms with Crippen LogP contribution in [-0.2, 0) is 19.6 Å². The number of carbonyl (C=O) groups is 2. The van der Waals surface area contributed by atoms with E-state index in [1.165, 1.54) is 18.2 Å². The summed E-state index contributed by atoms with van der Waals surface area (Å²) in [4.78, 5) is 21.5. The first-order valence-electron chi connectivity index (χ1n) is 7.71. The molecule has 0 unspecified atom stereocenters. The van der Waals surface area contributed by atoms with Crippen LogP contribution in [0.25, 0.3) is 0 Å². The molecule has 0 bridgehead atoms. The van der Waals surface area contributed by atoms with Gasteiger partial charge in [0.25, 0.3) is 0 Å². The molecule has 0 saturated carbocycles. The van der Waals surface area contributed by atoms with Crippen molar-refractivity contribution in [2.24, 2.45) is 0 Å². The summed E-state index contributed by atoms with van der Waals surface area (Å²) >= 11 is 0. The van der Waals surface area contributed by atoms with Gasteiger partial charge in [-0.3, -0.25) is 4.79 Å². The van der Waals surface area contributed by atoms with E-state index < -0.39 is 22.0 Å². The Morgan fingerprint density at radius 2 is 1.73 bits per heavy atom. The lowest BCUT2D eigenvalue weighted by Gasteiger charge is -2.15. The molecule has 2 aromatic rings. The van der Waals surface area contributed by atoms with Gasteiger partial charge in [-0.25, -0.2) is 8.42 Å². The van der Waals surface area contributed by atoms with Crippen molar-refractivity contribution in [3.8, 4) is 11.5 Å². The van der Waals surface area contributed by atoms with Crippen LogP contribution >= 0.6 is 0 Å². The summed E-state index contributed by atoms with van der Waals surface area (Å²) in [6.07, 6.45) is 0.00997. The highest BCUT2D eigenvalue weighted by molar-refractivity contribution is 7.89. The van der Waals surface area contributed by atoms with Crippen LogP contribution in [0.1, 0.15) is 16.7 Å². The van der Waals surface area contributed by atoms with Gasteiger partial charge in [0, 0.05) is 0 Å². The maximum atomic E-state index is 12.5. The number of ether oxygens (including phenoxy) is 1. The van der Waals surface area contributed by atoms with E-state index in [0.717, 1.165) is 16.7 Å². The number of hydrogen-bond acceptors (Lipinski definition) is 5. The molecule has 8 heteroatoms. The molecule has 2 rings (SSSR count). The van der Waals surface area contributed by atoms with Crippen LogP contribution in [0.3, 0.4) is 0 Å². The summed E-state index contributed by atoms with van der Waals surface area (Å²) in [5.41, 5.74) is 3.09. The molecule has 0 amide bonds. The van der Waals surface area contributed by atoms with Gasteiger partial charge in [-0.1, -0.05) is 12.1 Å². The van der Waals surface area contributed by atoms with E-state index in [-0.39, 0.29) is 16.9 Å². The molecule has 2 aromatic carbocycles. The van der Waals surface area contributed by atoms with Crippen LogP contribution in [0.4, 0.5) is 0 Å². The van der Waals surface area contributed by atoms with Gasteiger partial charge in [0.15, 0.2) is 6.04 Å². The van der Waals surface area contributed by atoms with Crippen LogP contribution in [0, 0.1) is 20.8 Å². The topological polar surface area (TPSA) is 110 Å². The zero-order valence-corrected chi connectivity index (χ0v) is 15.3. The first-order valence-corrected chi connectivity index (χ1v) is 9.19. The average molecular weight is 377 g/mol. The Labute approximate surface area is 151 Å². The van der Waals surface area contributed by atoms with Crippen LogP contribution in [-0.4, -0.2) is 31.8 Å². The molecule has 0 spiro atoms. The number of sulfonamides is 1. The van der Waals surface area contributed by atoms with Crippen molar-refractivity contribution in [1.82, 2.24) is 4.72 Å². The van der Waals surface area contributed by atoms with Crippen molar-refractivity contribution in [3.63, 3.8) is 0 Å². The Kier molecular flexibility index (Phi) is 5.79. The monoisotopic (exact) mass is 377 g/mol. The van der Waals surface area contributed by atoms with Gasteiger partial charge >= 0.3 is 5.97 Å². The number of aldehydes is 1. The predicted molar refractivity (Wildman–Crippen MR) is 95.0 cm³/mol. The molecular weight excluding hydrogens is 358 g/mol. The largest absolute Gasteiger partial charge is 0.480 e. The maximum Gasteiger partial charge on any atom is 0.329 e. The number of para-hydroxylation sites is 1.